The third kappa shape index (κ3) is 5.42. The van der Waals surface area contributed by atoms with Crippen LogP contribution in [0, 0.1) is 5.92 Å². The Morgan fingerprint density at radius 2 is 1.80 bits per heavy atom. The van der Waals surface area contributed by atoms with E-state index in [0.29, 0.717) is 73.1 Å². The van der Waals surface area contributed by atoms with E-state index in [1.54, 1.807) is 39.5 Å². The van der Waals surface area contributed by atoms with Crippen molar-refractivity contribution in [2.45, 2.75) is 19.8 Å². The summed E-state index contributed by atoms with van der Waals surface area (Å²) in [5.74, 6) is 2.78. The molecule has 1 aromatic heterocycles. The third-order valence-corrected chi connectivity index (χ3v) is 5.94. The summed E-state index contributed by atoms with van der Waals surface area (Å²) in [6, 6.07) is 11.3. The zero-order valence-corrected chi connectivity index (χ0v) is 20.4. The molecule has 0 atom stereocenters. The quantitative estimate of drug-likeness (QED) is 0.484. The number of aromatic nitrogens is 2. The van der Waals surface area contributed by atoms with E-state index in [9.17, 15) is 4.79 Å². The highest BCUT2D eigenvalue weighted by atomic mass is 16.5. The molecule has 3 aromatic rings. The zero-order chi connectivity index (χ0) is 24.8. The Kier molecular flexibility index (Phi) is 7.59. The van der Waals surface area contributed by atoms with Crippen LogP contribution in [0.2, 0.25) is 0 Å². The average molecular weight is 483 g/mol. The van der Waals surface area contributed by atoms with Gasteiger partial charge in [0, 0.05) is 30.6 Å². The third-order valence-electron chi connectivity index (χ3n) is 5.94. The van der Waals surface area contributed by atoms with Gasteiger partial charge in [-0.1, -0.05) is 5.16 Å². The Labute approximate surface area is 204 Å². The van der Waals surface area contributed by atoms with Gasteiger partial charge in [0.1, 0.15) is 11.5 Å². The van der Waals surface area contributed by atoms with Crippen LogP contribution in [-0.2, 0) is 4.79 Å². The molecule has 0 unspecified atom stereocenters. The predicted molar refractivity (Wildman–Crippen MR) is 131 cm³/mol. The second kappa shape index (κ2) is 11.0. The molecular formula is C25H30N4O6. The van der Waals surface area contributed by atoms with E-state index >= 15 is 0 Å². The number of nitrogens with zero attached hydrogens (tertiary/aromatic N) is 3. The highest BCUT2D eigenvalue weighted by molar-refractivity contribution is 5.94. The molecule has 0 saturated carbocycles. The maximum absolute atomic E-state index is 12.9. The molecule has 1 fully saturated rings. The molecule has 1 N–H and O–H groups in total. The van der Waals surface area contributed by atoms with E-state index in [4.69, 9.17) is 23.5 Å². The van der Waals surface area contributed by atoms with E-state index in [1.807, 2.05) is 30.0 Å². The Bertz CT molecular complexity index is 1160. The first-order valence-electron chi connectivity index (χ1n) is 11.5. The number of carbonyl (C=O) groups is 1. The minimum Gasteiger partial charge on any atom is -0.497 e. The molecule has 0 bridgehead atoms. The summed E-state index contributed by atoms with van der Waals surface area (Å²) in [5.41, 5.74) is 1.39. The average Bonchev–Trinajstić information content (AvgIpc) is 3.39. The maximum Gasteiger partial charge on any atom is 0.324 e. The predicted octanol–water partition coefficient (Wildman–Crippen LogP) is 4.02. The van der Waals surface area contributed by atoms with Gasteiger partial charge < -0.3 is 33.7 Å². The summed E-state index contributed by atoms with van der Waals surface area (Å²) in [5, 5.41) is 7.10. The summed E-state index contributed by atoms with van der Waals surface area (Å²) in [6.07, 6.45) is 1.33. The number of benzene rings is 2. The lowest BCUT2D eigenvalue weighted by Crippen LogP contribution is -2.38. The fraction of sp³-hybridized carbons (Fsp3) is 0.400. The van der Waals surface area contributed by atoms with E-state index in [2.05, 4.69) is 15.5 Å². The van der Waals surface area contributed by atoms with Crippen LogP contribution in [0.15, 0.2) is 40.9 Å². The second-order valence-electron chi connectivity index (χ2n) is 8.02. The molecule has 1 saturated heterocycles. The van der Waals surface area contributed by atoms with Gasteiger partial charge in [0.25, 0.3) is 0 Å². The first kappa shape index (κ1) is 24.2. The summed E-state index contributed by atoms with van der Waals surface area (Å²) in [4.78, 5) is 19.4. The minimum absolute atomic E-state index is 0.0409. The molecule has 0 spiro atoms. The molecule has 0 radical (unpaired) electrons. The Morgan fingerprint density at radius 3 is 2.49 bits per heavy atom. The number of carbonyl (C=O) groups excluding carboxylic acids is 1. The maximum atomic E-state index is 12.9. The molecule has 186 valence electrons. The Balaban J connectivity index is 1.37. The van der Waals surface area contributed by atoms with Crippen molar-refractivity contribution < 1.29 is 28.3 Å². The van der Waals surface area contributed by atoms with Gasteiger partial charge in [0.15, 0.2) is 11.5 Å². The van der Waals surface area contributed by atoms with E-state index in [0.717, 1.165) is 5.56 Å². The van der Waals surface area contributed by atoms with Crippen LogP contribution in [0.1, 0.15) is 19.8 Å². The number of amides is 1. The van der Waals surface area contributed by atoms with Gasteiger partial charge in [-0.15, -0.1) is 0 Å². The van der Waals surface area contributed by atoms with Gasteiger partial charge in [-0.3, -0.25) is 4.79 Å². The van der Waals surface area contributed by atoms with Gasteiger partial charge in [-0.2, -0.15) is 4.98 Å². The Morgan fingerprint density at radius 1 is 1.03 bits per heavy atom. The summed E-state index contributed by atoms with van der Waals surface area (Å²) in [6.45, 7) is 3.73. The van der Waals surface area contributed by atoms with Gasteiger partial charge in [-0.25, -0.2) is 0 Å². The van der Waals surface area contributed by atoms with E-state index in [-0.39, 0.29) is 11.8 Å². The number of hydrogen-bond acceptors (Lipinski definition) is 9. The molecular weight excluding hydrogens is 452 g/mol. The molecule has 35 heavy (non-hydrogen) atoms. The molecule has 2 heterocycles. The number of hydrogen-bond donors (Lipinski definition) is 1. The molecule has 1 aliphatic heterocycles. The monoisotopic (exact) mass is 482 g/mol. The highest BCUT2D eigenvalue weighted by Crippen LogP contribution is 2.33. The van der Waals surface area contributed by atoms with Crippen molar-refractivity contribution in [2.24, 2.45) is 5.92 Å². The van der Waals surface area contributed by atoms with Crippen molar-refractivity contribution in [3.8, 4) is 34.4 Å². The summed E-state index contributed by atoms with van der Waals surface area (Å²) < 4.78 is 27.1. The number of piperidine rings is 1. The van der Waals surface area contributed by atoms with Gasteiger partial charge in [0.05, 0.1) is 33.6 Å². The highest BCUT2D eigenvalue weighted by Gasteiger charge is 2.28. The number of methoxy groups -OCH3 is 3. The van der Waals surface area contributed by atoms with Crippen LogP contribution in [0.25, 0.3) is 11.4 Å². The molecule has 1 amide bonds. The molecule has 10 heteroatoms. The lowest BCUT2D eigenvalue weighted by molar-refractivity contribution is -0.120. The second-order valence-corrected chi connectivity index (χ2v) is 8.02. The van der Waals surface area contributed by atoms with Crippen molar-refractivity contribution in [1.82, 2.24) is 10.1 Å². The fourth-order valence-corrected chi connectivity index (χ4v) is 4.01. The molecule has 1 aliphatic rings. The smallest absolute Gasteiger partial charge is 0.324 e. The van der Waals surface area contributed by atoms with E-state index in [1.165, 1.54) is 0 Å². The van der Waals surface area contributed by atoms with Crippen molar-refractivity contribution in [3.05, 3.63) is 36.4 Å². The Hall–Kier alpha value is -3.95. The van der Waals surface area contributed by atoms with Gasteiger partial charge >= 0.3 is 6.01 Å². The van der Waals surface area contributed by atoms with Gasteiger partial charge in [-0.05, 0) is 50.1 Å². The first-order valence-corrected chi connectivity index (χ1v) is 11.5. The number of nitrogens with one attached hydrogen (secondary N) is 1. The van der Waals surface area contributed by atoms with Crippen molar-refractivity contribution >= 4 is 17.6 Å². The normalized spacial score (nSPS) is 13.9. The van der Waals surface area contributed by atoms with Crippen LogP contribution in [0.3, 0.4) is 0 Å². The topological polar surface area (TPSA) is 108 Å². The van der Waals surface area contributed by atoms with Crippen LogP contribution in [0.5, 0.6) is 23.0 Å². The minimum atomic E-state index is -0.129. The van der Waals surface area contributed by atoms with E-state index < -0.39 is 0 Å². The standard InChI is InChI=1S/C25H30N4O6/c1-5-34-20-9-6-17(14-22(20)33-4)23-27-25(35-28-23)29-12-10-16(11-13-29)24(30)26-19-8-7-18(31-2)15-21(19)32-3/h6-9,14-16H,5,10-13H2,1-4H3,(H,26,30). The molecule has 10 nitrogen and oxygen atoms in total. The van der Waals surface area contributed by atoms with Crippen molar-refractivity contribution in [1.29, 1.82) is 0 Å². The van der Waals surface area contributed by atoms with Crippen LogP contribution < -0.4 is 29.2 Å². The molecule has 0 aliphatic carbocycles. The first-order chi connectivity index (χ1) is 17.1. The van der Waals surface area contributed by atoms with Gasteiger partial charge in [0.2, 0.25) is 11.7 Å². The number of rotatable bonds is 9. The summed E-state index contributed by atoms with van der Waals surface area (Å²) >= 11 is 0. The van der Waals surface area contributed by atoms with Crippen LogP contribution in [-0.4, -0.2) is 57.1 Å². The SMILES string of the molecule is CCOc1ccc(-c2noc(N3CCC(C(=O)Nc4ccc(OC)cc4OC)CC3)n2)cc1OC. The van der Waals surface area contributed by atoms with Crippen LogP contribution >= 0.6 is 0 Å². The number of ether oxygens (including phenoxy) is 4. The largest absolute Gasteiger partial charge is 0.497 e. The van der Waals surface area contributed by atoms with Crippen LogP contribution in [0.4, 0.5) is 11.7 Å². The molecule has 2 aromatic carbocycles. The zero-order valence-electron chi connectivity index (χ0n) is 20.4. The lowest BCUT2D eigenvalue weighted by Gasteiger charge is -2.29. The van der Waals surface area contributed by atoms with Crippen molar-refractivity contribution in [2.75, 3.05) is 51.2 Å². The van der Waals surface area contributed by atoms with Crippen molar-refractivity contribution in [3.63, 3.8) is 0 Å². The fourth-order valence-electron chi connectivity index (χ4n) is 4.01. The summed E-state index contributed by atoms with van der Waals surface area (Å²) in [7, 11) is 4.74. The lowest BCUT2D eigenvalue weighted by atomic mass is 9.96. The molecule has 4 rings (SSSR count). The number of anilines is 2.